The summed E-state index contributed by atoms with van der Waals surface area (Å²) in [6.07, 6.45) is 0.0356. The third kappa shape index (κ3) is 5.12. The fourth-order valence-electron chi connectivity index (χ4n) is 3.10. The van der Waals surface area contributed by atoms with E-state index in [0.29, 0.717) is 22.1 Å². The van der Waals surface area contributed by atoms with E-state index in [1.54, 1.807) is 43.5 Å². The third-order valence-corrected chi connectivity index (χ3v) is 5.93. The van der Waals surface area contributed by atoms with E-state index in [4.69, 9.17) is 21.1 Å². The van der Waals surface area contributed by atoms with Gasteiger partial charge in [-0.3, -0.25) is 14.4 Å². The largest absolute Gasteiger partial charge is 0.497 e. The maximum Gasteiger partial charge on any atom is 0.311 e. The monoisotopic (exact) mass is 494 g/mol. The van der Waals surface area contributed by atoms with Crippen LogP contribution in [0.15, 0.2) is 40.9 Å². The fourth-order valence-corrected chi connectivity index (χ4v) is 3.72. The van der Waals surface area contributed by atoms with Crippen LogP contribution in [0.5, 0.6) is 5.75 Å². The van der Waals surface area contributed by atoms with E-state index in [-0.39, 0.29) is 18.9 Å². The van der Waals surface area contributed by atoms with Crippen LogP contribution < -0.4 is 15.0 Å². The summed E-state index contributed by atoms with van der Waals surface area (Å²) in [5, 5.41) is 3.12. The molecule has 2 amide bonds. The van der Waals surface area contributed by atoms with Crippen molar-refractivity contribution >= 4 is 56.7 Å². The first-order chi connectivity index (χ1) is 14.3. The van der Waals surface area contributed by atoms with E-state index in [0.717, 1.165) is 10.0 Å². The van der Waals surface area contributed by atoms with Crippen molar-refractivity contribution in [3.63, 3.8) is 0 Å². The number of halogens is 2. The lowest BCUT2D eigenvalue weighted by molar-refractivity contribution is -0.151. The first-order valence-electron chi connectivity index (χ1n) is 9.15. The van der Waals surface area contributed by atoms with Gasteiger partial charge in [-0.05, 0) is 64.8 Å². The minimum atomic E-state index is -0.628. The number of methoxy groups -OCH3 is 1. The number of ether oxygens (including phenoxy) is 2. The molecule has 2 aromatic carbocycles. The number of hydrogen-bond donors (Lipinski definition) is 1. The summed E-state index contributed by atoms with van der Waals surface area (Å²) >= 11 is 9.37. The molecule has 158 valence electrons. The van der Waals surface area contributed by atoms with Crippen molar-refractivity contribution in [1.82, 2.24) is 0 Å². The molecule has 0 spiro atoms. The Balaban J connectivity index is 1.54. The third-order valence-electron chi connectivity index (χ3n) is 4.73. The summed E-state index contributed by atoms with van der Waals surface area (Å²) in [4.78, 5) is 38.4. The van der Waals surface area contributed by atoms with Crippen LogP contribution in [0.2, 0.25) is 5.02 Å². The minimum absolute atomic E-state index is 0.0356. The zero-order valence-corrected chi connectivity index (χ0v) is 18.7. The first kappa shape index (κ1) is 22.1. The molecule has 0 aliphatic carbocycles. The summed E-state index contributed by atoms with van der Waals surface area (Å²) in [5.41, 5.74) is 2.02. The van der Waals surface area contributed by atoms with Crippen molar-refractivity contribution in [2.75, 3.05) is 30.5 Å². The number of rotatable bonds is 6. The lowest BCUT2D eigenvalue weighted by atomic mass is 10.1. The number of nitrogens with one attached hydrogen (secondary N) is 1. The van der Waals surface area contributed by atoms with Crippen LogP contribution in [0.4, 0.5) is 11.4 Å². The second-order valence-corrected chi connectivity index (χ2v) is 8.10. The highest BCUT2D eigenvalue weighted by Gasteiger charge is 2.36. The van der Waals surface area contributed by atoms with E-state index in [2.05, 4.69) is 21.2 Å². The first-order valence-corrected chi connectivity index (χ1v) is 10.3. The Morgan fingerprint density at radius 1 is 1.27 bits per heavy atom. The van der Waals surface area contributed by atoms with Crippen molar-refractivity contribution in [3.05, 3.63) is 51.5 Å². The van der Waals surface area contributed by atoms with Crippen LogP contribution in [0.3, 0.4) is 0 Å². The predicted molar refractivity (Wildman–Crippen MR) is 117 cm³/mol. The molecule has 30 heavy (non-hydrogen) atoms. The van der Waals surface area contributed by atoms with Gasteiger partial charge in [0.2, 0.25) is 5.91 Å². The number of amides is 2. The van der Waals surface area contributed by atoms with Gasteiger partial charge >= 0.3 is 5.97 Å². The Morgan fingerprint density at radius 3 is 2.63 bits per heavy atom. The molecule has 0 aromatic heterocycles. The Bertz CT molecular complexity index is 980. The number of carbonyl (C=O) groups is 3. The summed E-state index contributed by atoms with van der Waals surface area (Å²) < 4.78 is 11.0. The number of hydrogen-bond acceptors (Lipinski definition) is 5. The van der Waals surface area contributed by atoms with Gasteiger partial charge in [0.15, 0.2) is 6.61 Å². The molecule has 1 saturated heterocycles. The number of benzene rings is 2. The molecule has 1 aliphatic heterocycles. The van der Waals surface area contributed by atoms with Crippen LogP contribution in [0, 0.1) is 12.8 Å². The summed E-state index contributed by atoms with van der Waals surface area (Å²) in [6.45, 7) is 1.58. The number of anilines is 2. The number of nitrogens with zero attached hydrogens (tertiary/aromatic N) is 1. The Kier molecular flexibility index (Phi) is 6.99. The highest BCUT2D eigenvalue weighted by Crippen LogP contribution is 2.29. The Morgan fingerprint density at radius 2 is 1.97 bits per heavy atom. The second-order valence-electron chi connectivity index (χ2n) is 6.84. The molecule has 1 heterocycles. The molecule has 0 radical (unpaired) electrons. The Labute approximate surface area is 187 Å². The van der Waals surface area contributed by atoms with Crippen molar-refractivity contribution in [1.29, 1.82) is 0 Å². The quantitative estimate of drug-likeness (QED) is 0.613. The van der Waals surface area contributed by atoms with Crippen molar-refractivity contribution in [2.24, 2.45) is 5.92 Å². The molecular formula is C21H20BrClN2O5. The molecule has 2 aromatic rings. The van der Waals surface area contributed by atoms with Crippen LogP contribution in [-0.2, 0) is 19.1 Å². The average Bonchev–Trinajstić information content (AvgIpc) is 3.12. The molecule has 1 atom stereocenters. The standard InChI is InChI=1S/C21H20BrClN2O5/c1-12-7-16(22)17(23)9-18(12)24-19(26)11-30-21(28)13-8-20(27)25(10-13)14-3-5-15(29-2)6-4-14/h3-7,9,13H,8,10-11H2,1-2H3,(H,24,26)/t13-/m1/s1. The van der Waals surface area contributed by atoms with Crippen LogP contribution in [0.1, 0.15) is 12.0 Å². The van der Waals surface area contributed by atoms with Gasteiger partial charge in [0, 0.05) is 28.8 Å². The molecule has 0 bridgehead atoms. The highest BCUT2D eigenvalue weighted by molar-refractivity contribution is 9.10. The minimum Gasteiger partial charge on any atom is -0.497 e. The van der Waals surface area contributed by atoms with Crippen molar-refractivity contribution < 1.29 is 23.9 Å². The molecular weight excluding hydrogens is 476 g/mol. The summed E-state index contributed by atoms with van der Waals surface area (Å²) in [7, 11) is 1.56. The highest BCUT2D eigenvalue weighted by atomic mass is 79.9. The maximum atomic E-state index is 12.4. The lowest BCUT2D eigenvalue weighted by Crippen LogP contribution is -2.28. The molecule has 3 rings (SSSR count). The SMILES string of the molecule is COc1ccc(N2C[C@H](C(=O)OCC(=O)Nc3cc(Cl)c(Br)cc3C)CC2=O)cc1. The van der Waals surface area contributed by atoms with E-state index >= 15 is 0 Å². The van der Waals surface area contributed by atoms with Crippen molar-refractivity contribution in [2.45, 2.75) is 13.3 Å². The van der Waals surface area contributed by atoms with Gasteiger partial charge in [-0.15, -0.1) is 0 Å². The average molecular weight is 496 g/mol. The second kappa shape index (κ2) is 9.49. The smallest absolute Gasteiger partial charge is 0.311 e. The molecule has 0 unspecified atom stereocenters. The van der Waals surface area contributed by atoms with Crippen LogP contribution in [0.25, 0.3) is 0 Å². The topological polar surface area (TPSA) is 84.9 Å². The predicted octanol–water partition coefficient (Wildman–Crippen LogP) is 3.95. The number of aryl methyl sites for hydroxylation is 1. The normalized spacial score (nSPS) is 15.8. The molecule has 0 saturated carbocycles. The fraction of sp³-hybridized carbons (Fsp3) is 0.286. The van der Waals surface area contributed by atoms with E-state index < -0.39 is 24.4 Å². The van der Waals surface area contributed by atoms with Gasteiger partial charge < -0.3 is 19.7 Å². The maximum absolute atomic E-state index is 12.4. The molecule has 1 aliphatic rings. The number of esters is 1. The summed E-state index contributed by atoms with van der Waals surface area (Å²) in [6, 6.07) is 10.4. The lowest BCUT2D eigenvalue weighted by Gasteiger charge is -2.17. The van der Waals surface area contributed by atoms with Gasteiger partial charge in [-0.1, -0.05) is 11.6 Å². The van der Waals surface area contributed by atoms with E-state index in [1.807, 2.05) is 6.92 Å². The molecule has 9 heteroatoms. The van der Waals surface area contributed by atoms with Gasteiger partial charge in [0.1, 0.15) is 5.75 Å². The van der Waals surface area contributed by atoms with Gasteiger partial charge in [0.05, 0.1) is 18.1 Å². The molecule has 1 N–H and O–H groups in total. The van der Waals surface area contributed by atoms with Gasteiger partial charge in [-0.25, -0.2) is 0 Å². The zero-order valence-electron chi connectivity index (χ0n) is 16.4. The summed E-state index contributed by atoms with van der Waals surface area (Å²) in [5.74, 6) is -1.20. The van der Waals surface area contributed by atoms with Crippen LogP contribution >= 0.6 is 27.5 Å². The van der Waals surface area contributed by atoms with Crippen molar-refractivity contribution in [3.8, 4) is 5.75 Å². The molecule has 7 nitrogen and oxygen atoms in total. The zero-order chi connectivity index (χ0) is 21.8. The molecule has 1 fully saturated rings. The van der Waals surface area contributed by atoms with E-state index in [1.165, 1.54) is 4.90 Å². The van der Waals surface area contributed by atoms with Gasteiger partial charge in [-0.2, -0.15) is 0 Å². The number of carbonyl (C=O) groups excluding carboxylic acids is 3. The van der Waals surface area contributed by atoms with Crippen LogP contribution in [-0.4, -0.2) is 38.0 Å². The Hall–Kier alpha value is -2.58. The van der Waals surface area contributed by atoms with E-state index in [9.17, 15) is 14.4 Å². The van der Waals surface area contributed by atoms with Gasteiger partial charge in [0.25, 0.3) is 5.91 Å².